The van der Waals surface area contributed by atoms with Gasteiger partial charge in [0.05, 0.1) is 17.6 Å². The summed E-state index contributed by atoms with van der Waals surface area (Å²) >= 11 is 3.30. The Bertz CT molecular complexity index is 955. The smallest absolute Gasteiger partial charge is 0.244 e. The van der Waals surface area contributed by atoms with E-state index in [1.54, 1.807) is 37.5 Å². The minimum absolute atomic E-state index is 0.258. The van der Waals surface area contributed by atoms with Crippen molar-refractivity contribution in [3.8, 4) is 0 Å². The van der Waals surface area contributed by atoms with Crippen LogP contribution in [0.2, 0.25) is 0 Å². The highest BCUT2D eigenvalue weighted by Gasteiger charge is 2.23. The van der Waals surface area contributed by atoms with E-state index in [1.165, 1.54) is 4.31 Å². The molecule has 0 N–H and O–H groups in total. The molecule has 0 radical (unpaired) electrons. The predicted octanol–water partition coefficient (Wildman–Crippen LogP) is 3.51. The number of benzene rings is 2. The van der Waals surface area contributed by atoms with Gasteiger partial charge in [-0.1, -0.05) is 42.5 Å². The van der Waals surface area contributed by atoms with Crippen LogP contribution in [-0.4, -0.2) is 29.6 Å². The maximum absolute atomic E-state index is 12.7. The van der Waals surface area contributed by atoms with Gasteiger partial charge >= 0.3 is 0 Å². The van der Waals surface area contributed by atoms with Gasteiger partial charge in [0.1, 0.15) is 0 Å². The number of hydrogen-bond donors (Lipinski definition) is 0. The molecule has 3 aromatic rings. The predicted molar refractivity (Wildman–Crippen MR) is 101 cm³/mol. The van der Waals surface area contributed by atoms with Gasteiger partial charge in [0.15, 0.2) is 0 Å². The van der Waals surface area contributed by atoms with Crippen molar-refractivity contribution in [3.05, 3.63) is 82.6 Å². The Morgan fingerprint density at radius 1 is 1.04 bits per heavy atom. The normalized spacial score (nSPS) is 11.8. The summed E-state index contributed by atoms with van der Waals surface area (Å²) in [5.41, 5.74) is 1.99. The van der Waals surface area contributed by atoms with E-state index in [0.29, 0.717) is 11.0 Å². The summed E-state index contributed by atoms with van der Waals surface area (Å²) in [6, 6.07) is 16.8. The SMILES string of the molecule is CN(Cc1cnn(Cc2ccccc2)c1)S(=O)(=O)c1ccccc1Br. The summed E-state index contributed by atoms with van der Waals surface area (Å²) in [4.78, 5) is 0.258. The van der Waals surface area contributed by atoms with E-state index in [-0.39, 0.29) is 11.4 Å². The first-order valence-corrected chi connectivity index (χ1v) is 9.96. The summed E-state index contributed by atoms with van der Waals surface area (Å²) in [6.07, 6.45) is 3.58. The van der Waals surface area contributed by atoms with E-state index >= 15 is 0 Å². The molecular weight excluding hydrogens is 402 g/mol. The standard InChI is InChI=1S/C18H18BrN3O2S/c1-21(25(23,24)18-10-6-5-9-17(18)19)12-16-11-20-22(14-16)13-15-7-3-2-4-8-15/h2-11,14H,12-13H2,1H3. The first-order valence-electron chi connectivity index (χ1n) is 7.73. The summed E-state index contributed by atoms with van der Waals surface area (Å²) in [6.45, 7) is 0.917. The minimum Gasteiger partial charge on any atom is -0.268 e. The quantitative estimate of drug-likeness (QED) is 0.613. The fourth-order valence-corrected chi connectivity index (χ4v) is 4.63. The second-order valence-corrected chi connectivity index (χ2v) is 8.59. The van der Waals surface area contributed by atoms with Crippen LogP contribution < -0.4 is 0 Å². The van der Waals surface area contributed by atoms with Gasteiger partial charge in [-0.3, -0.25) is 4.68 Å². The van der Waals surface area contributed by atoms with E-state index in [4.69, 9.17) is 0 Å². The van der Waals surface area contributed by atoms with Crippen molar-refractivity contribution in [1.82, 2.24) is 14.1 Å². The van der Waals surface area contributed by atoms with Gasteiger partial charge in [-0.05, 0) is 33.6 Å². The van der Waals surface area contributed by atoms with Crippen LogP contribution in [0.15, 0.2) is 76.4 Å². The van der Waals surface area contributed by atoms with Crippen LogP contribution in [0.4, 0.5) is 0 Å². The molecule has 5 nitrogen and oxygen atoms in total. The zero-order chi connectivity index (χ0) is 17.9. The molecule has 1 aromatic heterocycles. The van der Waals surface area contributed by atoms with Gasteiger partial charge in [-0.25, -0.2) is 8.42 Å². The number of halogens is 1. The van der Waals surface area contributed by atoms with Crippen LogP contribution in [0.3, 0.4) is 0 Å². The second kappa shape index (κ2) is 7.51. The number of sulfonamides is 1. The van der Waals surface area contributed by atoms with E-state index in [9.17, 15) is 8.42 Å². The molecule has 3 rings (SSSR count). The Morgan fingerprint density at radius 3 is 2.44 bits per heavy atom. The molecule has 0 unspecified atom stereocenters. The summed E-state index contributed by atoms with van der Waals surface area (Å²) in [5.74, 6) is 0. The van der Waals surface area contributed by atoms with E-state index in [1.807, 2.05) is 41.2 Å². The molecule has 0 saturated heterocycles. The van der Waals surface area contributed by atoms with Gasteiger partial charge in [0, 0.05) is 29.8 Å². The molecule has 0 aliphatic carbocycles. The highest BCUT2D eigenvalue weighted by atomic mass is 79.9. The van der Waals surface area contributed by atoms with Crippen molar-refractivity contribution in [1.29, 1.82) is 0 Å². The van der Waals surface area contributed by atoms with Crippen molar-refractivity contribution < 1.29 is 8.42 Å². The van der Waals surface area contributed by atoms with Crippen LogP contribution in [0, 0.1) is 0 Å². The van der Waals surface area contributed by atoms with Gasteiger partial charge in [0.25, 0.3) is 0 Å². The van der Waals surface area contributed by atoms with Crippen LogP contribution in [-0.2, 0) is 23.1 Å². The third-order valence-electron chi connectivity index (χ3n) is 3.80. The topological polar surface area (TPSA) is 55.2 Å². The molecule has 1 heterocycles. The highest BCUT2D eigenvalue weighted by molar-refractivity contribution is 9.10. The van der Waals surface area contributed by atoms with Gasteiger partial charge in [-0.15, -0.1) is 0 Å². The Morgan fingerprint density at radius 2 is 1.72 bits per heavy atom. The average Bonchev–Trinajstić information content (AvgIpc) is 3.03. The first kappa shape index (κ1) is 17.8. The van der Waals surface area contributed by atoms with Gasteiger partial charge < -0.3 is 0 Å². The number of hydrogen-bond acceptors (Lipinski definition) is 3. The van der Waals surface area contributed by atoms with E-state index in [2.05, 4.69) is 21.0 Å². The molecule has 25 heavy (non-hydrogen) atoms. The summed E-state index contributed by atoms with van der Waals surface area (Å²) < 4.78 is 29.1. The van der Waals surface area contributed by atoms with Crippen molar-refractivity contribution >= 4 is 26.0 Å². The zero-order valence-electron chi connectivity index (χ0n) is 13.7. The van der Waals surface area contributed by atoms with Crippen LogP contribution in [0.25, 0.3) is 0 Å². The lowest BCUT2D eigenvalue weighted by molar-refractivity contribution is 0.466. The van der Waals surface area contributed by atoms with E-state index < -0.39 is 10.0 Å². The lowest BCUT2D eigenvalue weighted by Crippen LogP contribution is -2.26. The molecule has 130 valence electrons. The Kier molecular flexibility index (Phi) is 5.36. The molecule has 0 fully saturated rings. The molecule has 0 saturated carbocycles. The lowest BCUT2D eigenvalue weighted by Gasteiger charge is -2.17. The molecule has 0 bridgehead atoms. The lowest BCUT2D eigenvalue weighted by atomic mass is 10.2. The largest absolute Gasteiger partial charge is 0.268 e. The first-order chi connectivity index (χ1) is 12.0. The Hall–Kier alpha value is -1.96. The van der Waals surface area contributed by atoms with Gasteiger partial charge in [-0.2, -0.15) is 9.40 Å². The molecule has 2 aromatic carbocycles. The fourth-order valence-electron chi connectivity index (χ4n) is 2.51. The van der Waals surface area contributed by atoms with Crippen molar-refractivity contribution in [2.24, 2.45) is 0 Å². The molecular formula is C18H18BrN3O2S. The van der Waals surface area contributed by atoms with Crippen LogP contribution in [0.5, 0.6) is 0 Å². The van der Waals surface area contributed by atoms with Crippen molar-refractivity contribution in [2.75, 3.05) is 7.05 Å². The zero-order valence-corrected chi connectivity index (χ0v) is 16.1. The number of rotatable bonds is 6. The van der Waals surface area contributed by atoms with Gasteiger partial charge in [0.2, 0.25) is 10.0 Å². The van der Waals surface area contributed by atoms with Crippen molar-refractivity contribution in [2.45, 2.75) is 18.0 Å². The molecule has 0 aliphatic heterocycles. The Labute approximate surface area is 156 Å². The number of aromatic nitrogens is 2. The van der Waals surface area contributed by atoms with Crippen LogP contribution >= 0.6 is 15.9 Å². The summed E-state index contributed by atoms with van der Waals surface area (Å²) in [5, 5.41) is 4.32. The van der Waals surface area contributed by atoms with Crippen LogP contribution in [0.1, 0.15) is 11.1 Å². The molecule has 0 spiro atoms. The minimum atomic E-state index is -3.57. The molecule has 0 atom stereocenters. The molecule has 7 heteroatoms. The Balaban J connectivity index is 1.73. The fraction of sp³-hybridized carbons (Fsp3) is 0.167. The molecule has 0 aliphatic rings. The number of nitrogens with zero attached hydrogens (tertiary/aromatic N) is 3. The highest BCUT2D eigenvalue weighted by Crippen LogP contribution is 2.24. The third kappa shape index (κ3) is 4.18. The molecule has 0 amide bonds. The van der Waals surface area contributed by atoms with Crippen molar-refractivity contribution in [3.63, 3.8) is 0 Å². The third-order valence-corrected chi connectivity index (χ3v) is 6.62. The second-order valence-electron chi connectivity index (χ2n) is 5.72. The van der Waals surface area contributed by atoms with E-state index in [0.717, 1.165) is 11.1 Å². The maximum Gasteiger partial charge on any atom is 0.244 e. The average molecular weight is 420 g/mol. The maximum atomic E-state index is 12.7. The summed E-state index contributed by atoms with van der Waals surface area (Å²) in [7, 11) is -2.00. The monoisotopic (exact) mass is 419 g/mol.